The van der Waals surface area contributed by atoms with Crippen LogP contribution in [0.15, 0.2) is 54.6 Å². The van der Waals surface area contributed by atoms with Gasteiger partial charge >= 0.3 is 0 Å². The summed E-state index contributed by atoms with van der Waals surface area (Å²) in [6, 6.07) is 18.3. The molecule has 2 nitrogen and oxygen atoms in total. The van der Waals surface area contributed by atoms with E-state index in [1.54, 1.807) is 0 Å². The fourth-order valence-electron chi connectivity index (χ4n) is 1.92. The molecule has 0 aliphatic rings. The van der Waals surface area contributed by atoms with E-state index in [0.717, 1.165) is 17.7 Å². The topological polar surface area (TPSA) is 35.2 Å². The van der Waals surface area contributed by atoms with Crippen LogP contribution in [-0.2, 0) is 6.42 Å². The maximum Gasteiger partial charge on any atom is 0.136 e. The third kappa shape index (κ3) is 3.11. The summed E-state index contributed by atoms with van der Waals surface area (Å²) in [5.74, 6) is 0.883. The monoisotopic (exact) mass is 241 g/mol. The predicted molar refractivity (Wildman–Crippen MR) is 74.7 cm³/mol. The number of ether oxygens (including phenoxy) is 1. The molecule has 0 spiro atoms. The summed E-state index contributed by atoms with van der Waals surface area (Å²) in [5.41, 5.74) is 8.19. The quantitative estimate of drug-likeness (QED) is 0.871. The molecule has 0 bridgehead atoms. The van der Waals surface area contributed by atoms with E-state index in [9.17, 15) is 0 Å². The molecule has 2 rings (SSSR count). The van der Waals surface area contributed by atoms with Crippen LogP contribution in [0.4, 0.5) is 0 Å². The Morgan fingerprint density at radius 1 is 1.06 bits per heavy atom. The highest BCUT2D eigenvalue weighted by molar-refractivity contribution is 5.30. The fraction of sp³-hybridized carbons (Fsp3) is 0.250. The van der Waals surface area contributed by atoms with Gasteiger partial charge in [0.1, 0.15) is 11.9 Å². The fourth-order valence-corrected chi connectivity index (χ4v) is 1.92. The third-order valence-electron chi connectivity index (χ3n) is 2.97. The molecule has 0 aliphatic heterocycles. The Hall–Kier alpha value is -1.80. The van der Waals surface area contributed by atoms with Crippen LogP contribution in [0.2, 0.25) is 0 Å². The normalized spacial score (nSPS) is 12.1. The molecule has 2 aromatic rings. The van der Waals surface area contributed by atoms with E-state index in [2.05, 4.69) is 19.1 Å². The SMILES string of the molecule is CCc1cccc(OC(CN)c2ccccc2)c1. The lowest BCUT2D eigenvalue weighted by molar-refractivity contribution is 0.214. The smallest absolute Gasteiger partial charge is 0.136 e. The largest absolute Gasteiger partial charge is 0.484 e. The second-order valence-corrected chi connectivity index (χ2v) is 4.25. The van der Waals surface area contributed by atoms with E-state index >= 15 is 0 Å². The zero-order valence-corrected chi connectivity index (χ0v) is 10.7. The summed E-state index contributed by atoms with van der Waals surface area (Å²) in [6.45, 7) is 2.61. The van der Waals surface area contributed by atoms with Crippen LogP contribution in [0.5, 0.6) is 5.75 Å². The van der Waals surface area contributed by atoms with Crippen molar-refractivity contribution in [2.24, 2.45) is 5.73 Å². The third-order valence-corrected chi connectivity index (χ3v) is 2.97. The molecule has 0 radical (unpaired) electrons. The van der Waals surface area contributed by atoms with Crippen molar-refractivity contribution in [3.8, 4) is 5.75 Å². The van der Waals surface area contributed by atoms with Gasteiger partial charge in [-0.3, -0.25) is 0 Å². The molecular formula is C16H19NO. The van der Waals surface area contributed by atoms with Crippen LogP contribution < -0.4 is 10.5 Å². The molecule has 0 saturated carbocycles. The van der Waals surface area contributed by atoms with Gasteiger partial charge in [0.15, 0.2) is 0 Å². The van der Waals surface area contributed by atoms with Crippen molar-refractivity contribution in [2.45, 2.75) is 19.4 Å². The molecule has 2 aromatic carbocycles. The van der Waals surface area contributed by atoms with Gasteiger partial charge in [-0.15, -0.1) is 0 Å². The Bertz CT molecular complexity index is 481. The van der Waals surface area contributed by atoms with Crippen LogP contribution in [0.25, 0.3) is 0 Å². The highest BCUT2D eigenvalue weighted by atomic mass is 16.5. The molecule has 0 aromatic heterocycles. The Kier molecular flexibility index (Phi) is 4.37. The molecule has 0 amide bonds. The molecule has 94 valence electrons. The van der Waals surface area contributed by atoms with Crippen molar-refractivity contribution >= 4 is 0 Å². The lowest BCUT2D eigenvalue weighted by atomic mass is 10.1. The van der Waals surface area contributed by atoms with Gasteiger partial charge in [0, 0.05) is 6.54 Å². The van der Waals surface area contributed by atoms with Crippen molar-refractivity contribution in [3.05, 3.63) is 65.7 Å². The minimum atomic E-state index is -0.0849. The van der Waals surface area contributed by atoms with E-state index in [4.69, 9.17) is 10.5 Å². The predicted octanol–water partition coefficient (Wildman–Crippen LogP) is 3.33. The molecule has 2 N–H and O–H groups in total. The van der Waals surface area contributed by atoms with Crippen LogP contribution in [0, 0.1) is 0 Å². The Morgan fingerprint density at radius 2 is 1.83 bits per heavy atom. The second kappa shape index (κ2) is 6.22. The Balaban J connectivity index is 2.15. The standard InChI is InChI=1S/C16H19NO/c1-2-13-7-6-10-15(11-13)18-16(12-17)14-8-4-3-5-9-14/h3-11,16H,2,12,17H2,1H3. The summed E-state index contributed by atoms with van der Waals surface area (Å²) in [5, 5.41) is 0. The highest BCUT2D eigenvalue weighted by Gasteiger charge is 2.10. The summed E-state index contributed by atoms with van der Waals surface area (Å²) < 4.78 is 5.97. The van der Waals surface area contributed by atoms with Crippen LogP contribution in [-0.4, -0.2) is 6.54 Å². The average Bonchev–Trinajstić information content (AvgIpc) is 2.46. The van der Waals surface area contributed by atoms with Crippen LogP contribution >= 0.6 is 0 Å². The number of benzene rings is 2. The van der Waals surface area contributed by atoms with Gasteiger partial charge in [-0.2, -0.15) is 0 Å². The molecule has 1 atom stereocenters. The Morgan fingerprint density at radius 3 is 2.50 bits per heavy atom. The number of hydrogen-bond donors (Lipinski definition) is 1. The number of nitrogens with two attached hydrogens (primary N) is 1. The number of rotatable bonds is 5. The summed E-state index contributed by atoms with van der Waals surface area (Å²) in [7, 11) is 0. The van der Waals surface area contributed by atoms with Gasteiger partial charge in [0.2, 0.25) is 0 Å². The van der Waals surface area contributed by atoms with Gasteiger partial charge in [0.25, 0.3) is 0 Å². The van der Waals surface area contributed by atoms with Crippen molar-refractivity contribution in [1.82, 2.24) is 0 Å². The van der Waals surface area contributed by atoms with Crippen molar-refractivity contribution in [3.63, 3.8) is 0 Å². The summed E-state index contributed by atoms with van der Waals surface area (Å²) >= 11 is 0. The van der Waals surface area contributed by atoms with E-state index in [1.165, 1.54) is 5.56 Å². The minimum absolute atomic E-state index is 0.0849. The number of aryl methyl sites for hydroxylation is 1. The maximum atomic E-state index is 5.97. The van der Waals surface area contributed by atoms with E-state index in [1.807, 2.05) is 42.5 Å². The van der Waals surface area contributed by atoms with E-state index < -0.39 is 0 Å². The summed E-state index contributed by atoms with van der Waals surface area (Å²) in [4.78, 5) is 0. The molecule has 0 heterocycles. The lowest BCUT2D eigenvalue weighted by Crippen LogP contribution is -2.18. The van der Waals surface area contributed by atoms with Crippen LogP contribution in [0.1, 0.15) is 24.2 Å². The van der Waals surface area contributed by atoms with Gasteiger partial charge < -0.3 is 10.5 Å². The first-order valence-corrected chi connectivity index (χ1v) is 6.34. The zero-order chi connectivity index (χ0) is 12.8. The van der Waals surface area contributed by atoms with Crippen molar-refractivity contribution in [1.29, 1.82) is 0 Å². The van der Waals surface area contributed by atoms with Crippen LogP contribution in [0.3, 0.4) is 0 Å². The molecule has 0 saturated heterocycles. The van der Waals surface area contributed by atoms with E-state index in [0.29, 0.717) is 6.54 Å². The minimum Gasteiger partial charge on any atom is -0.484 e. The highest BCUT2D eigenvalue weighted by Crippen LogP contribution is 2.22. The van der Waals surface area contributed by atoms with Crippen molar-refractivity contribution < 1.29 is 4.74 Å². The van der Waals surface area contributed by atoms with Gasteiger partial charge in [-0.05, 0) is 29.7 Å². The number of hydrogen-bond acceptors (Lipinski definition) is 2. The first-order valence-electron chi connectivity index (χ1n) is 6.34. The van der Waals surface area contributed by atoms with Crippen molar-refractivity contribution in [2.75, 3.05) is 6.54 Å². The van der Waals surface area contributed by atoms with Gasteiger partial charge in [-0.25, -0.2) is 0 Å². The molecule has 0 aliphatic carbocycles. The molecule has 1 unspecified atom stereocenters. The first kappa shape index (κ1) is 12.7. The molecule has 2 heteroatoms. The van der Waals surface area contributed by atoms with Gasteiger partial charge in [0.05, 0.1) is 0 Å². The molecule has 0 fully saturated rings. The second-order valence-electron chi connectivity index (χ2n) is 4.25. The Labute approximate surface area is 108 Å². The molecular weight excluding hydrogens is 222 g/mol. The maximum absolute atomic E-state index is 5.97. The average molecular weight is 241 g/mol. The lowest BCUT2D eigenvalue weighted by Gasteiger charge is -2.18. The first-order chi connectivity index (χ1) is 8.83. The molecule has 18 heavy (non-hydrogen) atoms. The van der Waals surface area contributed by atoms with E-state index in [-0.39, 0.29) is 6.10 Å². The van der Waals surface area contributed by atoms with Gasteiger partial charge in [-0.1, -0.05) is 49.4 Å². The summed E-state index contributed by atoms with van der Waals surface area (Å²) in [6.07, 6.45) is 0.925. The zero-order valence-electron chi connectivity index (χ0n) is 10.7.